The maximum Gasteiger partial charge on any atom is 0.264 e. The minimum atomic E-state index is -0.232. The molecular weight excluding hydrogens is 412 g/mol. The standard InChI is InChI=1S/C20H24N4O3S.ClH/c1-12-22-15-11-24(10-14(15)18(25)23(12)2)19(26)16-9-13-3-8-27-20(17(13)28-16)4-6-21-7-5-20;/h9,21H,3-8,10-11H2,1-2H3;1H. The lowest BCUT2D eigenvalue weighted by Gasteiger charge is -2.40. The highest BCUT2D eigenvalue weighted by molar-refractivity contribution is 7.14. The van der Waals surface area contributed by atoms with Gasteiger partial charge in [-0.1, -0.05) is 0 Å². The Hall–Kier alpha value is -1.74. The van der Waals surface area contributed by atoms with Crippen molar-refractivity contribution in [3.8, 4) is 0 Å². The predicted octanol–water partition coefficient (Wildman–Crippen LogP) is 1.88. The third-order valence-corrected chi connectivity index (χ3v) is 7.62. The third-order valence-electron chi connectivity index (χ3n) is 6.26. The second kappa shape index (κ2) is 7.50. The van der Waals surface area contributed by atoms with Crippen molar-refractivity contribution in [3.63, 3.8) is 0 Å². The Morgan fingerprint density at radius 3 is 2.83 bits per heavy atom. The van der Waals surface area contributed by atoms with Crippen molar-refractivity contribution in [1.29, 1.82) is 0 Å². The fourth-order valence-corrected chi connectivity index (χ4v) is 5.94. The number of rotatable bonds is 1. The van der Waals surface area contributed by atoms with Gasteiger partial charge in [0, 0.05) is 11.9 Å². The van der Waals surface area contributed by atoms with Gasteiger partial charge in [-0.05, 0) is 50.9 Å². The Labute approximate surface area is 179 Å². The molecular formula is C20H25ClN4O3S. The molecule has 1 fully saturated rings. The molecule has 9 heteroatoms. The number of carbonyl (C=O) groups is 1. The van der Waals surface area contributed by atoms with Crippen LogP contribution in [0.3, 0.4) is 0 Å². The zero-order valence-corrected chi connectivity index (χ0v) is 18.3. The van der Waals surface area contributed by atoms with Crippen LogP contribution in [-0.2, 0) is 36.9 Å². The van der Waals surface area contributed by atoms with Gasteiger partial charge in [0.05, 0.1) is 35.8 Å². The molecule has 0 saturated carbocycles. The molecule has 1 saturated heterocycles. The number of amides is 1. The largest absolute Gasteiger partial charge is 0.369 e. The van der Waals surface area contributed by atoms with Gasteiger partial charge in [0.15, 0.2) is 0 Å². The summed E-state index contributed by atoms with van der Waals surface area (Å²) in [5.74, 6) is 0.663. The van der Waals surface area contributed by atoms with Crippen LogP contribution in [-0.4, -0.2) is 40.1 Å². The van der Waals surface area contributed by atoms with E-state index in [4.69, 9.17) is 4.74 Å². The van der Waals surface area contributed by atoms with Crippen LogP contribution in [0, 0.1) is 6.92 Å². The van der Waals surface area contributed by atoms with Crippen LogP contribution in [0.4, 0.5) is 0 Å². The quantitative estimate of drug-likeness (QED) is 0.738. The summed E-state index contributed by atoms with van der Waals surface area (Å²) in [6.45, 7) is 5.15. The average molecular weight is 437 g/mol. The Morgan fingerprint density at radius 1 is 1.31 bits per heavy atom. The molecule has 0 aliphatic carbocycles. The van der Waals surface area contributed by atoms with Gasteiger partial charge in [-0.25, -0.2) is 4.98 Å². The smallest absolute Gasteiger partial charge is 0.264 e. The van der Waals surface area contributed by atoms with Crippen molar-refractivity contribution >= 4 is 29.7 Å². The Morgan fingerprint density at radius 2 is 2.07 bits per heavy atom. The lowest BCUT2D eigenvalue weighted by atomic mass is 9.86. The van der Waals surface area contributed by atoms with E-state index >= 15 is 0 Å². The number of aryl methyl sites for hydroxylation is 1. The van der Waals surface area contributed by atoms with Gasteiger partial charge in [-0.2, -0.15) is 0 Å². The Balaban J connectivity index is 0.00000205. The molecule has 0 atom stereocenters. The molecule has 2 aromatic heterocycles. The first-order chi connectivity index (χ1) is 13.5. The Kier molecular flexibility index (Phi) is 5.31. The van der Waals surface area contributed by atoms with Gasteiger partial charge in [0.1, 0.15) is 11.4 Å². The number of fused-ring (bicyclic) bond motifs is 3. The molecule has 2 aromatic rings. The number of nitrogens with zero attached hydrogens (tertiary/aromatic N) is 3. The van der Waals surface area contributed by atoms with E-state index in [-0.39, 0.29) is 29.5 Å². The minimum Gasteiger partial charge on any atom is -0.369 e. The SMILES string of the molecule is Cc1nc2c(c(=O)n1C)CN(C(=O)c1cc3c(s1)C1(CCNCC1)OCC3)C2.Cl. The number of piperidine rings is 1. The average Bonchev–Trinajstić information content (AvgIpc) is 3.32. The molecule has 1 spiro atoms. The van der Waals surface area contributed by atoms with Gasteiger partial charge in [-0.15, -0.1) is 23.7 Å². The third kappa shape index (κ3) is 3.22. The lowest BCUT2D eigenvalue weighted by molar-refractivity contribution is -0.0771. The van der Waals surface area contributed by atoms with Crippen LogP contribution in [0.25, 0.3) is 0 Å². The van der Waals surface area contributed by atoms with E-state index < -0.39 is 0 Å². The molecule has 0 unspecified atom stereocenters. The number of hydrogen-bond donors (Lipinski definition) is 1. The molecule has 3 aliphatic rings. The number of halogens is 1. The second-order valence-corrected chi connectivity index (χ2v) is 8.97. The summed E-state index contributed by atoms with van der Waals surface area (Å²) in [4.78, 5) is 34.0. The van der Waals surface area contributed by atoms with Crippen LogP contribution in [0.5, 0.6) is 0 Å². The van der Waals surface area contributed by atoms with Crippen LogP contribution in [0.1, 0.15) is 50.0 Å². The highest BCUT2D eigenvalue weighted by atomic mass is 35.5. The number of thiophene rings is 1. The van der Waals surface area contributed by atoms with Crippen molar-refractivity contribution < 1.29 is 9.53 Å². The van der Waals surface area contributed by atoms with Gasteiger partial charge in [0.2, 0.25) is 0 Å². The second-order valence-electron chi connectivity index (χ2n) is 7.92. The topological polar surface area (TPSA) is 76.5 Å². The van der Waals surface area contributed by atoms with E-state index in [0.717, 1.165) is 42.9 Å². The molecule has 156 valence electrons. The predicted molar refractivity (Wildman–Crippen MR) is 113 cm³/mol. The van der Waals surface area contributed by atoms with Crippen LogP contribution < -0.4 is 10.9 Å². The fourth-order valence-electron chi connectivity index (χ4n) is 4.56. The summed E-state index contributed by atoms with van der Waals surface area (Å²) in [7, 11) is 1.72. The van der Waals surface area contributed by atoms with Crippen molar-refractivity contribution in [2.24, 2.45) is 7.05 Å². The van der Waals surface area contributed by atoms with Crippen LogP contribution in [0.2, 0.25) is 0 Å². The molecule has 7 nitrogen and oxygen atoms in total. The van der Waals surface area contributed by atoms with E-state index in [1.807, 2.05) is 6.92 Å². The first-order valence-electron chi connectivity index (χ1n) is 9.81. The van der Waals surface area contributed by atoms with Gasteiger partial charge >= 0.3 is 0 Å². The first kappa shape index (κ1) is 20.5. The van der Waals surface area contributed by atoms with E-state index in [1.165, 1.54) is 10.4 Å². The number of ether oxygens (including phenoxy) is 1. The number of nitrogens with one attached hydrogen (secondary N) is 1. The fraction of sp³-hybridized carbons (Fsp3) is 0.550. The summed E-state index contributed by atoms with van der Waals surface area (Å²) in [5.41, 5.74) is 2.34. The van der Waals surface area contributed by atoms with Crippen molar-refractivity contribution in [1.82, 2.24) is 19.8 Å². The van der Waals surface area contributed by atoms with E-state index in [9.17, 15) is 9.59 Å². The summed E-state index contributed by atoms with van der Waals surface area (Å²) < 4.78 is 7.79. The molecule has 5 rings (SSSR count). The molecule has 0 radical (unpaired) electrons. The number of aromatic nitrogens is 2. The monoisotopic (exact) mass is 436 g/mol. The molecule has 1 amide bonds. The zero-order chi connectivity index (χ0) is 19.5. The molecule has 5 heterocycles. The van der Waals surface area contributed by atoms with E-state index in [0.29, 0.717) is 31.1 Å². The van der Waals surface area contributed by atoms with Crippen molar-refractivity contribution in [2.75, 3.05) is 19.7 Å². The van der Waals surface area contributed by atoms with Crippen LogP contribution >= 0.6 is 23.7 Å². The molecule has 0 bridgehead atoms. The maximum atomic E-state index is 13.2. The normalized spacial score (nSPS) is 19.6. The highest BCUT2D eigenvalue weighted by Gasteiger charge is 2.41. The Bertz CT molecular complexity index is 1030. The minimum absolute atomic E-state index is 0. The molecule has 3 aliphatic heterocycles. The first-order valence-corrected chi connectivity index (χ1v) is 10.6. The summed E-state index contributed by atoms with van der Waals surface area (Å²) in [6.07, 6.45) is 2.75. The van der Waals surface area contributed by atoms with E-state index in [2.05, 4.69) is 16.4 Å². The summed E-state index contributed by atoms with van der Waals surface area (Å²) in [5, 5.41) is 3.40. The van der Waals surface area contributed by atoms with Gasteiger partial charge in [0.25, 0.3) is 11.5 Å². The van der Waals surface area contributed by atoms with Crippen LogP contribution in [0.15, 0.2) is 10.9 Å². The highest BCUT2D eigenvalue weighted by Crippen LogP contribution is 2.44. The molecule has 29 heavy (non-hydrogen) atoms. The van der Waals surface area contributed by atoms with Crippen molar-refractivity contribution in [3.05, 3.63) is 48.8 Å². The van der Waals surface area contributed by atoms with Gasteiger partial charge < -0.3 is 15.0 Å². The van der Waals surface area contributed by atoms with Crippen molar-refractivity contribution in [2.45, 2.75) is 44.9 Å². The summed E-state index contributed by atoms with van der Waals surface area (Å²) in [6, 6.07) is 2.05. The van der Waals surface area contributed by atoms with Gasteiger partial charge in [-0.3, -0.25) is 14.2 Å². The number of hydrogen-bond acceptors (Lipinski definition) is 6. The molecule has 1 N–H and O–H groups in total. The van der Waals surface area contributed by atoms with E-state index in [1.54, 1.807) is 27.9 Å². The lowest BCUT2D eigenvalue weighted by Crippen LogP contribution is -2.43. The number of carbonyl (C=O) groups excluding carboxylic acids is 1. The zero-order valence-electron chi connectivity index (χ0n) is 16.6. The maximum absolute atomic E-state index is 13.2. The summed E-state index contributed by atoms with van der Waals surface area (Å²) >= 11 is 1.58. The molecule has 0 aromatic carbocycles.